The van der Waals surface area contributed by atoms with Crippen LogP contribution in [-0.4, -0.2) is 29.7 Å². The number of oxime groups is 1. The molecule has 0 aliphatic carbocycles. The van der Waals surface area contributed by atoms with E-state index in [9.17, 15) is 4.79 Å². The lowest BCUT2D eigenvalue weighted by molar-refractivity contribution is -0.118. The van der Waals surface area contributed by atoms with Crippen molar-refractivity contribution in [3.63, 3.8) is 0 Å². The molecule has 1 aromatic carbocycles. The molecular formula is C13H17N3O3. The molecular weight excluding hydrogens is 246 g/mol. The molecule has 1 saturated heterocycles. The average Bonchev–Trinajstić information content (AvgIpc) is 2.91. The van der Waals surface area contributed by atoms with E-state index in [1.807, 2.05) is 0 Å². The van der Waals surface area contributed by atoms with Crippen LogP contribution >= 0.6 is 0 Å². The van der Waals surface area contributed by atoms with Gasteiger partial charge in [-0.05, 0) is 37.1 Å². The van der Waals surface area contributed by atoms with Crippen molar-refractivity contribution in [3.8, 4) is 0 Å². The molecule has 1 heterocycles. The van der Waals surface area contributed by atoms with Gasteiger partial charge in [-0.2, -0.15) is 0 Å². The van der Waals surface area contributed by atoms with Gasteiger partial charge in [-0.3, -0.25) is 4.79 Å². The second-order valence-electron chi connectivity index (χ2n) is 4.45. The molecule has 1 atom stereocenters. The lowest BCUT2D eigenvalue weighted by atomic mass is 10.1. The van der Waals surface area contributed by atoms with Crippen LogP contribution in [0.2, 0.25) is 0 Å². The molecule has 2 rings (SSSR count). The first kappa shape index (κ1) is 13.4. The highest BCUT2D eigenvalue weighted by Crippen LogP contribution is 2.16. The Hall–Kier alpha value is -2.08. The van der Waals surface area contributed by atoms with Gasteiger partial charge in [0.05, 0.1) is 12.5 Å². The predicted octanol–water partition coefficient (Wildman–Crippen LogP) is 1.29. The molecule has 6 nitrogen and oxygen atoms in total. The SMILES string of the molecule is NC(=NO)c1ccc(NC(=O)CC2CCCO2)cc1. The number of anilines is 1. The monoisotopic (exact) mass is 263 g/mol. The van der Waals surface area contributed by atoms with E-state index < -0.39 is 0 Å². The fraction of sp³-hybridized carbons (Fsp3) is 0.385. The van der Waals surface area contributed by atoms with E-state index in [1.54, 1.807) is 24.3 Å². The minimum Gasteiger partial charge on any atom is -0.409 e. The zero-order chi connectivity index (χ0) is 13.7. The maximum Gasteiger partial charge on any atom is 0.226 e. The number of rotatable bonds is 4. The summed E-state index contributed by atoms with van der Waals surface area (Å²) in [4.78, 5) is 11.8. The van der Waals surface area contributed by atoms with Crippen LogP contribution in [0, 0.1) is 0 Å². The van der Waals surface area contributed by atoms with Gasteiger partial charge in [0.2, 0.25) is 5.91 Å². The van der Waals surface area contributed by atoms with Gasteiger partial charge in [-0.25, -0.2) is 0 Å². The van der Waals surface area contributed by atoms with Crippen LogP contribution in [0.4, 0.5) is 5.69 Å². The molecule has 102 valence electrons. The lowest BCUT2D eigenvalue weighted by Gasteiger charge is -2.10. The minimum absolute atomic E-state index is 0.0384. The molecule has 4 N–H and O–H groups in total. The van der Waals surface area contributed by atoms with Gasteiger partial charge in [0.15, 0.2) is 5.84 Å². The molecule has 1 unspecified atom stereocenters. The Morgan fingerprint density at radius 2 is 2.21 bits per heavy atom. The first-order valence-corrected chi connectivity index (χ1v) is 6.18. The molecule has 6 heteroatoms. The van der Waals surface area contributed by atoms with E-state index >= 15 is 0 Å². The number of ether oxygens (including phenoxy) is 1. The topological polar surface area (TPSA) is 96.9 Å². The van der Waals surface area contributed by atoms with Gasteiger partial charge in [0.1, 0.15) is 0 Å². The first-order valence-electron chi connectivity index (χ1n) is 6.18. The van der Waals surface area contributed by atoms with Crippen molar-refractivity contribution < 1.29 is 14.7 Å². The Morgan fingerprint density at radius 1 is 1.47 bits per heavy atom. The van der Waals surface area contributed by atoms with Gasteiger partial charge >= 0.3 is 0 Å². The smallest absolute Gasteiger partial charge is 0.226 e. The number of amides is 1. The largest absolute Gasteiger partial charge is 0.409 e. The second kappa shape index (κ2) is 6.19. The summed E-state index contributed by atoms with van der Waals surface area (Å²) in [6.07, 6.45) is 2.38. The molecule has 19 heavy (non-hydrogen) atoms. The highest BCUT2D eigenvalue weighted by atomic mass is 16.5. The van der Waals surface area contributed by atoms with E-state index in [2.05, 4.69) is 10.5 Å². The Labute approximate surface area is 111 Å². The number of nitrogens with two attached hydrogens (primary N) is 1. The zero-order valence-electron chi connectivity index (χ0n) is 10.5. The maximum absolute atomic E-state index is 11.8. The molecule has 1 amide bonds. The summed E-state index contributed by atoms with van der Waals surface area (Å²) >= 11 is 0. The lowest BCUT2D eigenvalue weighted by Crippen LogP contribution is -2.19. The number of nitrogens with one attached hydrogen (secondary N) is 1. The van der Waals surface area contributed by atoms with Crippen molar-refractivity contribution in [1.82, 2.24) is 0 Å². The standard InChI is InChI=1S/C13H17N3O3/c14-13(16-18)9-3-5-10(6-4-9)15-12(17)8-11-2-1-7-19-11/h3-6,11,18H,1-2,7-8H2,(H2,14,16)(H,15,17). The number of benzene rings is 1. The summed E-state index contributed by atoms with van der Waals surface area (Å²) in [6, 6.07) is 6.77. The Kier molecular flexibility index (Phi) is 4.35. The second-order valence-corrected chi connectivity index (χ2v) is 4.45. The molecule has 1 fully saturated rings. The van der Waals surface area contributed by atoms with Crippen molar-refractivity contribution >= 4 is 17.4 Å². The van der Waals surface area contributed by atoms with Crippen molar-refractivity contribution in [3.05, 3.63) is 29.8 Å². The van der Waals surface area contributed by atoms with E-state index in [1.165, 1.54) is 0 Å². The van der Waals surface area contributed by atoms with Gasteiger partial charge in [0.25, 0.3) is 0 Å². The van der Waals surface area contributed by atoms with Gasteiger partial charge in [-0.15, -0.1) is 0 Å². The summed E-state index contributed by atoms with van der Waals surface area (Å²) < 4.78 is 5.41. The highest BCUT2D eigenvalue weighted by Gasteiger charge is 2.18. The number of carbonyl (C=O) groups is 1. The van der Waals surface area contributed by atoms with Crippen molar-refractivity contribution in [2.75, 3.05) is 11.9 Å². The summed E-state index contributed by atoms with van der Waals surface area (Å²) in [5.41, 5.74) is 6.73. The Bertz CT molecular complexity index is 465. The zero-order valence-corrected chi connectivity index (χ0v) is 10.5. The highest BCUT2D eigenvalue weighted by molar-refractivity contribution is 5.98. The van der Waals surface area contributed by atoms with E-state index in [4.69, 9.17) is 15.7 Å². The molecule has 0 saturated carbocycles. The van der Waals surface area contributed by atoms with Crippen LogP contribution in [-0.2, 0) is 9.53 Å². The molecule has 0 radical (unpaired) electrons. The Balaban J connectivity index is 1.90. The van der Waals surface area contributed by atoms with Crippen molar-refractivity contribution in [2.24, 2.45) is 10.9 Å². The third-order valence-corrected chi connectivity index (χ3v) is 3.01. The minimum atomic E-state index is -0.0663. The molecule has 1 aliphatic heterocycles. The number of carbonyl (C=O) groups excluding carboxylic acids is 1. The summed E-state index contributed by atoms with van der Waals surface area (Å²) in [5, 5.41) is 14.2. The number of hydrogen-bond donors (Lipinski definition) is 3. The molecule has 0 spiro atoms. The summed E-state index contributed by atoms with van der Waals surface area (Å²) in [6.45, 7) is 0.742. The maximum atomic E-state index is 11.8. The number of nitrogens with zero attached hydrogens (tertiary/aromatic N) is 1. The molecule has 1 aromatic rings. The first-order chi connectivity index (χ1) is 9.19. The quantitative estimate of drug-likeness (QED) is 0.330. The number of amidine groups is 1. The predicted molar refractivity (Wildman–Crippen MR) is 71.2 cm³/mol. The van der Waals surface area contributed by atoms with Crippen LogP contribution < -0.4 is 11.1 Å². The molecule has 1 aliphatic rings. The van der Waals surface area contributed by atoms with Crippen LogP contribution in [0.5, 0.6) is 0 Å². The van der Waals surface area contributed by atoms with E-state index in [0.29, 0.717) is 17.7 Å². The van der Waals surface area contributed by atoms with Crippen LogP contribution in [0.1, 0.15) is 24.8 Å². The Morgan fingerprint density at radius 3 is 2.79 bits per heavy atom. The van der Waals surface area contributed by atoms with Crippen LogP contribution in [0.15, 0.2) is 29.4 Å². The van der Waals surface area contributed by atoms with Crippen LogP contribution in [0.25, 0.3) is 0 Å². The molecule has 0 bridgehead atoms. The summed E-state index contributed by atoms with van der Waals surface area (Å²) in [5.74, 6) is -0.0271. The third-order valence-electron chi connectivity index (χ3n) is 3.01. The third kappa shape index (κ3) is 3.69. The van der Waals surface area contributed by atoms with E-state index in [-0.39, 0.29) is 17.8 Å². The fourth-order valence-electron chi connectivity index (χ4n) is 2.01. The molecule has 0 aromatic heterocycles. The van der Waals surface area contributed by atoms with Gasteiger partial charge in [-0.1, -0.05) is 5.16 Å². The normalized spacial score (nSPS) is 19.4. The number of hydrogen-bond acceptors (Lipinski definition) is 4. The van der Waals surface area contributed by atoms with Crippen molar-refractivity contribution in [1.29, 1.82) is 0 Å². The van der Waals surface area contributed by atoms with Crippen molar-refractivity contribution in [2.45, 2.75) is 25.4 Å². The van der Waals surface area contributed by atoms with Crippen LogP contribution in [0.3, 0.4) is 0 Å². The van der Waals surface area contributed by atoms with Gasteiger partial charge < -0.3 is 21.0 Å². The van der Waals surface area contributed by atoms with E-state index in [0.717, 1.165) is 19.4 Å². The fourth-order valence-corrected chi connectivity index (χ4v) is 2.01. The average molecular weight is 263 g/mol. The summed E-state index contributed by atoms with van der Waals surface area (Å²) in [7, 11) is 0. The van der Waals surface area contributed by atoms with Gasteiger partial charge in [0, 0.05) is 17.9 Å².